The molecule has 29 heavy (non-hydrogen) atoms. The van der Waals surface area contributed by atoms with Gasteiger partial charge in [-0.15, -0.1) is 0 Å². The second-order valence-electron chi connectivity index (χ2n) is 8.49. The van der Waals surface area contributed by atoms with E-state index in [-0.39, 0.29) is 5.78 Å². The van der Waals surface area contributed by atoms with Crippen molar-refractivity contribution >= 4 is 16.7 Å². The highest BCUT2D eigenvalue weighted by Gasteiger charge is 2.23. The van der Waals surface area contributed by atoms with Crippen molar-refractivity contribution in [1.82, 2.24) is 24.6 Å². The fourth-order valence-electron chi connectivity index (χ4n) is 4.47. The predicted molar refractivity (Wildman–Crippen MR) is 113 cm³/mol. The molecule has 1 aliphatic carbocycles. The van der Waals surface area contributed by atoms with E-state index in [9.17, 15) is 4.79 Å². The Morgan fingerprint density at radius 1 is 1.17 bits per heavy atom. The Morgan fingerprint density at radius 3 is 2.90 bits per heavy atom. The van der Waals surface area contributed by atoms with Crippen LogP contribution in [0.25, 0.3) is 22.2 Å². The molecule has 2 aromatic heterocycles. The van der Waals surface area contributed by atoms with E-state index in [1.807, 2.05) is 25.4 Å². The SMILES string of the molecule is CN(CC(=O)Cc1cc2cc(-c3cnc4n3CCCC4)ccc2nn1)C1CCC1. The van der Waals surface area contributed by atoms with Crippen molar-refractivity contribution in [2.45, 2.75) is 57.5 Å². The van der Waals surface area contributed by atoms with Crippen LogP contribution in [0.5, 0.6) is 0 Å². The number of nitrogens with zero attached hydrogens (tertiary/aromatic N) is 5. The molecular formula is C23H27N5O. The number of fused-ring (bicyclic) bond motifs is 2. The average Bonchev–Trinajstić information content (AvgIpc) is 3.10. The normalized spacial score (nSPS) is 16.8. The number of carbonyl (C=O) groups is 1. The molecule has 0 radical (unpaired) electrons. The third-order valence-electron chi connectivity index (χ3n) is 6.40. The first kappa shape index (κ1) is 18.4. The summed E-state index contributed by atoms with van der Waals surface area (Å²) in [5.41, 5.74) is 3.91. The number of aryl methyl sites for hydroxylation is 1. The van der Waals surface area contributed by atoms with Crippen LogP contribution < -0.4 is 0 Å². The molecule has 0 N–H and O–H groups in total. The molecule has 6 heteroatoms. The van der Waals surface area contributed by atoms with Crippen molar-refractivity contribution in [2.75, 3.05) is 13.6 Å². The van der Waals surface area contributed by atoms with Gasteiger partial charge in [-0.1, -0.05) is 12.5 Å². The van der Waals surface area contributed by atoms with Gasteiger partial charge in [0.05, 0.1) is 36.1 Å². The Bertz CT molecular complexity index is 1050. The summed E-state index contributed by atoms with van der Waals surface area (Å²) in [5, 5.41) is 9.66. The van der Waals surface area contributed by atoms with E-state index in [2.05, 4.69) is 36.8 Å². The number of aromatic nitrogens is 4. The molecule has 3 aromatic rings. The van der Waals surface area contributed by atoms with Crippen molar-refractivity contribution in [2.24, 2.45) is 0 Å². The van der Waals surface area contributed by atoms with Gasteiger partial charge in [-0.05, 0) is 50.9 Å². The Morgan fingerprint density at radius 2 is 2.07 bits per heavy atom. The molecule has 2 aliphatic rings. The minimum absolute atomic E-state index is 0.203. The number of carbonyl (C=O) groups excluding carboxylic acids is 1. The van der Waals surface area contributed by atoms with Crippen LogP contribution in [0.15, 0.2) is 30.5 Å². The van der Waals surface area contributed by atoms with Gasteiger partial charge < -0.3 is 4.57 Å². The zero-order valence-corrected chi connectivity index (χ0v) is 17.0. The highest BCUT2D eigenvalue weighted by atomic mass is 16.1. The topological polar surface area (TPSA) is 63.9 Å². The summed E-state index contributed by atoms with van der Waals surface area (Å²) in [7, 11) is 2.05. The molecule has 0 saturated heterocycles. The fraction of sp³-hybridized carbons (Fsp3) is 0.478. The Hall–Kier alpha value is -2.60. The maximum Gasteiger partial charge on any atom is 0.152 e. The smallest absolute Gasteiger partial charge is 0.152 e. The Labute approximate surface area is 171 Å². The number of likely N-dealkylation sites (N-methyl/N-ethyl adjacent to an activating group) is 1. The molecule has 1 aromatic carbocycles. The summed E-state index contributed by atoms with van der Waals surface area (Å²) >= 11 is 0. The average molecular weight is 390 g/mol. The van der Waals surface area contributed by atoms with Crippen LogP contribution >= 0.6 is 0 Å². The summed E-state index contributed by atoms with van der Waals surface area (Å²) in [6, 6.07) is 8.84. The third kappa shape index (κ3) is 3.69. The molecule has 0 unspecified atom stereocenters. The standard InChI is InChI=1S/C23H27N5O/c1-27(19-5-4-6-19)15-20(29)13-18-12-17-11-16(8-9-21(17)26-25-18)22-14-24-23-7-2-3-10-28(22)23/h8-9,11-12,14,19H,2-7,10,13,15H2,1H3. The minimum Gasteiger partial charge on any atom is -0.328 e. The molecule has 1 saturated carbocycles. The van der Waals surface area contributed by atoms with Gasteiger partial charge in [-0.2, -0.15) is 10.2 Å². The summed E-state index contributed by atoms with van der Waals surface area (Å²) in [4.78, 5) is 19.3. The number of benzene rings is 1. The molecule has 3 heterocycles. The molecule has 150 valence electrons. The van der Waals surface area contributed by atoms with Gasteiger partial charge in [0, 0.05) is 30.0 Å². The zero-order chi connectivity index (χ0) is 19.8. The Kier molecular flexibility index (Phi) is 4.87. The lowest BCUT2D eigenvalue weighted by molar-refractivity contribution is -0.120. The van der Waals surface area contributed by atoms with Crippen LogP contribution in [-0.2, 0) is 24.2 Å². The molecule has 1 fully saturated rings. The Balaban J connectivity index is 1.36. The lowest BCUT2D eigenvalue weighted by Crippen LogP contribution is -2.40. The third-order valence-corrected chi connectivity index (χ3v) is 6.40. The first-order chi connectivity index (χ1) is 14.2. The summed E-state index contributed by atoms with van der Waals surface area (Å²) < 4.78 is 2.33. The highest BCUT2D eigenvalue weighted by Crippen LogP contribution is 2.28. The van der Waals surface area contributed by atoms with Gasteiger partial charge in [0.25, 0.3) is 0 Å². The van der Waals surface area contributed by atoms with Crippen molar-refractivity contribution in [3.8, 4) is 11.3 Å². The number of hydrogen-bond donors (Lipinski definition) is 0. The van der Waals surface area contributed by atoms with E-state index in [0.717, 1.165) is 40.8 Å². The van der Waals surface area contributed by atoms with E-state index in [1.165, 1.54) is 37.9 Å². The zero-order valence-electron chi connectivity index (χ0n) is 17.0. The number of imidazole rings is 1. The van der Waals surface area contributed by atoms with Crippen molar-refractivity contribution in [3.63, 3.8) is 0 Å². The lowest BCUT2D eigenvalue weighted by atomic mass is 9.91. The van der Waals surface area contributed by atoms with Gasteiger partial charge in [-0.3, -0.25) is 9.69 Å². The quantitative estimate of drug-likeness (QED) is 0.646. The number of ketones is 1. The largest absolute Gasteiger partial charge is 0.328 e. The van der Waals surface area contributed by atoms with Crippen molar-refractivity contribution in [3.05, 3.63) is 42.0 Å². The van der Waals surface area contributed by atoms with Crippen molar-refractivity contribution in [1.29, 1.82) is 0 Å². The van der Waals surface area contributed by atoms with Gasteiger partial charge in [0.1, 0.15) is 5.82 Å². The maximum absolute atomic E-state index is 12.5. The van der Waals surface area contributed by atoms with Gasteiger partial charge in [0.15, 0.2) is 5.78 Å². The molecular weight excluding hydrogens is 362 g/mol. The van der Waals surface area contributed by atoms with E-state index in [0.29, 0.717) is 19.0 Å². The van der Waals surface area contributed by atoms with Crippen LogP contribution in [-0.4, -0.2) is 50.1 Å². The molecule has 5 rings (SSSR count). The van der Waals surface area contributed by atoms with Crippen LogP contribution in [0.2, 0.25) is 0 Å². The maximum atomic E-state index is 12.5. The summed E-state index contributed by atoms with van der Waals surface area (Å²) in [6.45, 7) is 1.53. The van der Waals surface area contributed by atoms with Gasteiger partial charge in [-0.25, -0.2) is 4.98 Å². The molecule has 1 aliphatic heterocycles. The molecule has 6 nitrogen and oxygen atoms in total. The predicted octanol–water partition coefficient (Wildman–Crippen LogP) is 3.43. The lowest BCUT2D eigenvalue weighted by Gasteiger charge is -2.34. The second-order valence-corrected chi connectivity index (χ2v) is 8.49. The van der Waals surface area contributed by atoms with E-state index >= 15 is 0 Å². The van der Waals surface area contributed by atoms with E-state index in [1.54, 1.807) is 0 Å². The van der Waals surface area contributed by atoms with Crippen LogP contribution in [0.1, 0.15) is 43.6 Å². The van der Waals surface area contributed by atoms with Crippen LogP contribution in [0.3, 0.4) is 0 Å². The molecule has 0 amide bonds. The monoisotopic (exact) mass is 389 g/mol. The fourth-order valence-corrected chi connectivity index (χ4v) is 4.47. The molecule has 0 spiro atoms. The number of Topliss-reactive ketones (excluding diaryl/α,β-unsaturated/α-hetero) is 1. The summed E-state index contributed by atoms with van der Waals surface area (Å²) in [6.07, 6.45) is 9.50. The van der Waals surface area contributed by atoms with Crippen molar-refractivity contribution < 1.29 is 4.79 Å². The van der Waals surface area contributed by atoms with Gasteiger partial charge >= 0.3 is 0 Å². The number of rotatable bonds is 6. The molecule has 0 bridgehead atoms. The minimum atomic E-state index is 0.203. The van der Waals surface area contributed by atoms with Gasteiger partial charge in [0.2, 0.25) is 0 Å². The molecule has 0 atom stereocenters. The first-order valence-electron chi connectivity index (χ1n) is 10.7. The second kappa shape index (κ2) is 7.67. The van der Waals surface area contributed by atoms with Crippen LogP contribution in [0, 0.1) is 0 Å². The van der Waals surface area contributed by atoms with Crippen LogP contribution in [0.4, 0.5) is 0 Å². The van der Waals surface area contributed by atoms with E-state index < -0.39 is 0 Å². The summed E-state index contributed by atoms with van der Waals surface area (Å²) in [5.74, 6) is 1.38. The van der Waals surface area contributed by atoms with E-state index in [4.69, 9.17) is 0 Å². The number of hydrogen-bond acceptors (Lipinski definition) is 5. The highest BCUT2D eigenvalue weighted by molar-refractivity contribution is 5.86. The first-order valence-corrected chi connectivity index (χ1v) is 10.7.